The number of nitrogens with two attached hydrogens (primary N) is 1. The van der Waals surface area contributed by atoms with Crippen molar-refractivity contribution in [3.63, 3.8) is 0 Å². The molecule has 1 atom stereocenters. The molecule has 24 heavy (non-hydrogen) atoms. The number of hydrogen-bond acceptors (Lipinski definition) is 3. The van der Waals surface area contributed by atoms with Gasteiger partial charge in [-0.3, -0.25) is 0 Å². The highest BCUT2D eigenvalue weighted by Gasteiger charge is 2.12. The summed E-state index contributed by atoms with van der Waals surface area (Å²) in [6.07, 6.45) is 2.59. The Labute approximate surface area is 153 Å². The fourth-order valence-corrected chi connectivity index (χ4v) is 2.35. The van der Waals surface area contributed by atoms with Gasteiger partial charge in [-0.25, -0.2) is 4.98 Å². The summed E-state index contributed by atoms with van der Waals surface area (Å²) in [5, 5.41) is 8.83. The van der Waals surface area contributed by atoms with Crippen molar-refractivity contribution in [2.24, 2.45) is 5.73 Å². The monoisotopic (exact) mass is 360 g/mol. The Morgan fingerprint density at radius 3 is 2.33 bits per heavy atom. The Balaban J connectivity index is 0.00000144. The molecule has 0 fully saturated rings. The van der Waals surface area contributed by atoms with E-state index in [1.54, 1.807) is 12.1 Å². The minimum absolute atomic E-state index is 0. The molecular weight excluding hydrogens is 343 g/mol. The van der Waals surface area contributed by atoms with Crippen molar-refractivity contribution < 1.29 is 0 Å². The molecule has 1 heterocycles. The Hall–Kier alpha value is -2.32. The van der Waals surface area contributed by atoms with Crippen LogP contribution in [0.4, 0.5) is 0 Å². The van der Waals surface area contributed by atoms with Crippen LogP contribution in [0, 0.1) is 11.3 Å². The van der Waals surface area contributed by atoms with Gasteiger partial charge in [0.25, 0.3) is 0 Å². The third-order valence-corrected chi connectivity index (χ3v) is 3.56. The van der Waals surface area contributed by atoms with Crippen LogP contribution >= 0.6 is 24.8 Å². The maximum atomic E-state index is 8.83. The first-order valence-corrected chi connectivity index (χ1v) is 7.11. The van der Waals surface area contributed by atoms with Gasteiger partial charge in [-0.1, -0.05) is 42.5 Å². The Kier molecular flexibility index (Phi) is 7.47. The molecule has 0 aliphatic rings. The number of nitrogens with zero attached hydrogens (tertiary/aromatic N) is 2. The van der Waals surface area contributed by atoms with Gasteiger partial charge >= 0.3 is 0 Å². The van der Waals surface area contributed by atoms with Crippen LogP contribution < -0.4 is 5.73 Å². The third kappa shape index (κ3) is 4.59. The van der Waals surface area contributed by atoms with Crippen molar-refractivity contribution in [1.82, 2.24) is 9.97 Å². The van der Waals surface area contributed by atoms with Gasteiger partial charge in [-0.15, -0.1) is 24.8 Å². The van der Waals surface area contributed by atoms with Crippen LogP contribution in [-0.4, -0.2) is 9.97 Å². The van der Waals surface area contributed by atoms with E-state index in [0.29, 0.717) is 5.56 Å². The topological polar surface area (TPSA) is 78.5 Å². The highest BCUT2D eigenvalue weighted by Crippen LogP contribution is 2.20. The highest BCUT2D eigenvalue weighted by molar-refractivity contribution is 5.85. The molecule has 0 saturated carbocycles. The Morgan fingerprint density at radius 1 is 1.04 bits per heavy atom. The van der Waals surface area contributed by atoms with Gasteiger partial charge in [0.15, 0.2) is 0 Å². The van der Waals surface area contributed by atoms with Crippen molar-refractivity contribution in [2.75, 3.05) is 0 Å². The van der Waals surface area contributed by atoms with Crippen LogP contribution in [0.15, 0.2) is 60.8 Å². The average Bonchev–Trinajstić information content (AvgIpc) is 3.06. The zero-order valence-corrected chi connectivity index (χ0v) is 14.5. The van der Waals surface area contributed by atoms with E-state index in [9.17, 15) is 0 Å². The molecule has 0 spiro atoms. The molecule has 3 N–H and O–H groups in total. The van der Waals surface area contributed by atoms with Gasteiger partial charge in [0.05, 0.1) is 23.4 Å². The first kappa shape index (κ1) is 19.7. The van der Waals surface area contributed by atoms with E-state index in [-0.39, 0.29) is 30.9 Å². The van der Waals surface area contributed by atoms with Crippen LogP contribution in [0.25, 0.3) is 11.3 Å². The summed E-state index contributed by atoms with van der Waals surface area (Å²) in [7, 11) is 0. The molecule has 0 saturated heterocycles. The lowest BCUT2D eigenvalue weighted by atomic mass is 10.1. The standard InChI is InChI=1S/C18H16N4.2ClH/c19-11-14-6-8-15(9-7-14)17-12-21-18(22-17)16(20)10-13-4-2-1-3-5-13;;/h1-9,12,16H,10,20H2,(H,21,22);2*1H/t16-;;/m0../s1. The quantitative estimate of drug-likeness (QED) is 0.736. The number of halogens is 2. The molecule has 2 aromatic carbocycles. The lowest BCUT2D eigenvalue weighted by molar-refractivity contribution is 0.678. The second-order valence-corrected chi connectivity index (χ2v) is 5.16. The van der Waals surface area contributed by atoms with Crippen LogP contribution in [0.3, 0.4) is 0 Å². The number of aromatic nitrogens is 2. The highest BCUT2D eigenvalue weighted by atomic mass is 35.5. The number of rotatable bonds is 4. The summed E-state index contributed by atoms with van der Waals surface area (Å²) in [5.74, 6) is 0.767. The summed E-state index contributed by atoms with van der Waals surface area (Å²) >= 11 is 0. The lowest BCUT2D eigenvalue weighted by Crippen LogP contribution is -2.14. The van der Waals surface area contributed by atoms with Gasteiger partial charge < -0.3 is 10.7 Å². The molecule has 0 unspecified atom stereocenters. The van der Waals surface area contributed by atoms with Crippen LogP contribution in [0.2, 0.25) is 0 Å². The van der Waals surface area contributed by atoms with Crippen molar-refractivity contribution in [1.29, 1.82) is 5.26 Å². The normalized spacial score (nSPS) is 10.8. The number of benzene rings is 2. The summed E-state index contributed by atoms with van der Waals surface area (Å²) in [6, 6.07) is 19.4. The predicted molar refractivity (Wildman–Crippen MR) is 100 cm³/mol. The summed E-state index contributed by atoms with van der Waals surface area (Å²) in [4.78, 5) is 7.72. The average molecular weight is 361 g/mol. The number of nitrogens with one attached hydrogen (secondary N) is 1. The SMILES string of the molecule is Cl.Cl.N#Cc1ccc(-c2c[nH]c([C@@H](N)Cc3ccccc3)n2)cc1. The zero-order chi connectivity index (χ0) is 15.4. The van der Waals surface area contributed by atoms with E-state index in [2.05, 4.69) is 28.2 Å². The first-order valence-electron chi connectivity index (χ1n) is 7.11. The van der Waals surface area contributed by atoms with Crippen molar-refractivity contribution >= 4 is 24.8 Å². The Morgan fingerprint density at radius 2 is 1.71 bits per heavy atom. The van der Waals surface area contributed by atoms with E-state index >= 15 is 0 Å². The van der Waals surface area contributed by atoms with E-state index in [0.717, 1.165) is 23.5 Å². The summed E-state index contributed by atoms with van der Waals surface area (Å²) in [6.45, 7) is 0. The number of imidazole rings is 1. The van der Waals surface area contributed by atoms with Gasteiger partial charge in [0.2, 0.25) is 0 Å². The molecular formula is C18H18Cl2N4. The number of aromatic amines is 1. The summed E-state index contributed by atoms with van der Waals surface area (Å²) in [5.41, 5.74) is 9.86. The number of H-pyrrole nitrogens is 1. The minimum Gasteiger partial charge on any atom is -0.347 e. The second-order valence-electron chi connectivity index (χ2n) is 5.16. The van der Waals surface area contributed by atoms with Gasteiger partial charge in [-0.2, -0.15) is 5.26 Å². The van der Waals surface area contributed by atoms with Crippen LogP contribution in [0.1, 0.15) is 23.0 Å². The fraction of sp³-hybridized carbons (Fsp3) is 0.111. The minimum atomic E-state index is -0.172. The van der Waals surface area contributed by atoms with Gasteiger partial charge in [0, 0.05) is 11.8 Å². The molecule has 0 aliphatic carbocycles. The predicted octanol–water partition coefficient (Wildman–Crippen LogP) is 4.03. The van der Waals surface area contributed by atoms with Crippen molar-refractivity contribution in [3.05, 3.63) is 77.7 Å². The summed E-state index contributed by atoms with van der Waals surface area (Å²) < 4.78 is 0. The maximum absolute atomic E-state index is 8.83. The lowest BCUT2D eigenvalue weighted by Gasteiger charge is -2.08. The third-order valence-electron chi connectivity index (χ3n) is 3.56. The number of hydrogen-bond donors (Lipinski definition) is 2. The fourth-order valence-electron chi connectivity index (χ4n) is 2.35. The smallest absolute Gasteiger partial charge is 0.124 e. The molecule has 0 radical (unpaired) electrons. The molecule has 124 valence electrons. The molecule has 0 aliphatic heterocycles. The molecule has 0 amide bonds. The molecule has 0 bridgehead atoms. The van der Waals surface area contributed by atoms with E-state index in [4.69, 9.17) is 11.0 Å². The van der Waals surface area contributed by atoms with Crippen LogP contribution in [-0.2, 0) is 6.42 Å². The van der Waals surface area contributed by atoms with Gasteiger partial charge in [-0.05, 0) is 24.1 Å². The molecule has 3 rings (SSSR count). The van der Waals surface area contributed by atoms with E-state index < -0.39 is 0 Å². The number of nitriles is 1. The molecule has 6 heteroatoms. The second kappa shape index (κ2) is 9.09. The Bertz CT molecular complexity index is 792. The van der Waals surface area contributed by atoms with E-state index in [1.807, 2.05) is 36.5 Å². The molecule has 1 aromatic heterocycles. The van der Waals surface area contributed by atoms with Crippen molar-refractivity contribution in [3.8, 4) is 17.3 Å². The first-order chi connectivity index (χ1) is 10.8. The molecule has 4 nitrogen and oxygen atoms in total. The van der Waals surface area contributed by atoms with Crippen LogP contribution in [0.5, 0.6) is 0 Å². The van der Waals surface area contributed by atoms with E-state index in [1.165, 1.54) is 5.56 Å². The molecule has 3 aromatic rings. The largest absolute Gasteiger partial charge is 0.347 e. The zero-order valence-electron chi connectivity index (χ0n) is 12.8. The maximum Gasteiger partial charge on any atom is 0.124 e. The van der Waals surface area contributed by atoms with Crippen molar-refractivity contribution in [2.45, 2.75) is 12.5 Å². The van der Waals surface area contributed by atoms with Gasteiger partial charge in [0.1, 0.15) is 5.82 Å².